The molecule has 0 bridgehead atoms. The van der Waals surface area contributed by atoms with Gasteiger partial charge in [0.2, 0.25) is 5.91 Å². The Labute approximate surface area is 98.7 Å². The van der Waals surface area contributed by atoms with Gasteiger partial charge in [-0.25, -0.2) is 0 Å². The average Bonchev–Trinajstić information content (AvgIpc) is 2.25. The lowest BCUT2D eigenvalue weighted by molar-refractivity contribution is -0.119. The van der Waals surface area contributed by atoms with E-state index in [4.69, 9.17) is 10.8 Å². The van der Waals surface area contributed by atoms with Crippen LogP contribution >= 0.6 is 0 Å². The second-order valence-corrected chi connectivity index (χ2v) is 3.76. The number of hydrogen-bond acceptors (Lipinski definition) is 5. The average molecular weight is 240 g/mol. The van der Waals surface area contributed by atoms with Gasteiger partial charge in [-0.1, -0.05) is 6.07 Å². The van der Waals surface area contributed by atoms with Crippen LogP contribution in [0.3, 0.4) is 0 Å². The molecule has 0 aliphatic carbocycles. The van der Waals surface area contributed by atoms with Crippen LogP contribution in [-0.2, 0) is 4.79 Å². The lowest BCUT2D eigenvalue weighted by Gasteiger charge is -2.19. The summed E-state index contributed by atoms with van der Waals surface area (Å²) in [6, 6.07) is 4.07. The maximum absolute atomic E-state index is 10.7. The van der Waals surface area contributed by atoms with Crippen molar-refractivity contribution >= 4 is 11.6 Å². The highest BCUT2D eigenvalue weighted by Crippen LogP contribution is 2.26. The molecule has 1 amide bonds. The molecule has 6 N–H and O–H groups in total. The molecule has 0 saturated heterocycles. The predicted octanol–water partition coefficient (Wildman–Crippen LogP) is -0.495. The summed E-state index contributed by atoms with van der Waals surface area (Å²) in [5.41, 5.74) is 6.08. The normalized spacial score (nSPS) is 14.1. The van der Waals surface area contributed by atoms with Crippen LogP contribution in [-0.4, -0.2) is 33.9 Å². The van der Waals surface area contributed by atoms with Crippen molar-refractivity contribution in [3.63, 3.8) is 0 Å². The molecule has 6 heteroatoms. The fraction of sp³-hybridized carbons (Fsp3) is 0.364. The minimum Gasteiger partial charge on any atom is -0.508 e. The topological polar surface area (TPSA) is 116 Å². The van der Waals surface area contributed by atoms with Crippen LogP contribution in [0.1, 0.15) is 18.6 Å². The Morgan fingerprint density at radius 2 is 2.12 bits per heavy atom. The van der Waals surface area contributed by atoms with Crippen molar-refractivity contribution in [2.75, 3.05) is 12.3 Å². The lowest BCUT2D eigenvalue weighted by atomic mass is 10.0. The summed E-state index contributed by atoms with van der Waals surface area (Å²) in [5.74, 6) is -0.315. The number of benzene rings is 1. The number of nitrogen functional groups attached to an aromatic ring is 1. The van der Waals surface area contributed by atoms with Crippen molar-refractivity contribution in [1.29, 1.82) is 0 Å². The van der Waals surface area contributed by atoms with Crippen LogP contribution in [0.4, 0.5) is 5.69 Å². The maximum atomic E-state index is 10.7. The second kappa shape index (κ2) is 5.51. The quantitative estimate of drug-likeness (QED) is 0.455. The summed E-state index contributed by atoms with van der Waals surface area (Å²) in [7, 11) is 0. The number of aromatic hydroxyl groups is 1. The van der Waals surface area contributed by atoms with Gasteiger partial charge in [-0.3, -0.25) is 4.79 Å². The fourth-order valence-corrected chi connectivity index (χ4v) is 1.40. The van der Waals surface area contributed by atoms with Crippen molar-refractivity contribution < 1.29 is 20.1 Å². The number of hydrogen-bond donors (Lipinski definition) is 5. The summed E-state index contributed by atoms with van der Waals surface area (Å²) in [5, 5.41) is 31.0. The van der Waals surface area contributed by atoms with Crippen LogP contribution in [0.5, 0.6) is 5.75 Å². The number of anilines is 1. The molecule has 0 aliphatic rings. The number of phenolic OH excluding ortho intramolecular Hbond substituents is 1. The van der Waals surface area contributed by atoms with E-state index in [-0.39, 0.29) is 23.9 Å². The van der Waals surface area contributed by atoms with Crippen LogP contribution in [0.2, 0.25) is 0 Å². The van der Waals surface area contributed by atoms with Crippen molar-refractivity contribution in [3.05, 3.63) is 23.8 Å². The van der Waals surface area contributed by atoms with E-state index in [0.717, 1.165) is 0 Å². The number of aliphatic hydroxyl groups is 2. The molecule has 0 aliphatic heterocycles. The minimum atomic E-state index is -1.22. The first kappa shape index (κ1) is 13.3. The van der Waals surface area contributed by atoms with E-state index < -0.39 is 12.2 Å². The molecule has 1 aromatic carbocycles. The molecule has 0 spiro atoms. The van der Waals surface area contributed by atoms with Crippen molar-refractivity contribution in [2.24, 2.45) is 0 Å². The molecule has 1 rings (SSSR count). The van der Waals surface area contributed by atoms with E-state index in [1.165, 1.54) is 25.1 Å². The number of amides is 1. The zero-order valence-electron chi connectivity index (χ0n) is 9.42. The van der Waals surface area contributed by atoms with Gasteiger partial charge in [0.15, 0.2) is 0 Å². The molecule has 94 valence electrons. The van der Waals surface area contributed by atoms with Gasteiger partial charge >= 0.3 is 0 Å². The molecule has 0 aromatic heterocycles. The molecular weight excluding hydrogens is 224 g/mol. The molecule has 6 nitrogen and oxygen atoms in total. The van der Waals surface area contributed by atoms with Crippen molar-refractivity contribution in [2.45, 2.75) is 19.1 Å². The molecule has 1 aromatic rings. The third kappa shape index (κ3) is 3.61. The van der Waals surface area contributed by atoms with Crippen LogP contribution in [0.15, 0.2) is 18.2 Å². The van der Waals surface area contributed by atoms with Crippen LogP contribution in [0.25, 0.3) is 0 Å². The van der Waals surface area contributed by atoms with Crippen molar-refractivity contribution in [1.82, 2.24) is 5.32 Å². The Balaban J connectivity index is 2.74. The summed E-state index contributed by atoms with van der Waals surface area (Å²) < 4.78 is 0. The first-order valence-corrected chi connectivity index (χ1v) is 5.10. The van der Waals surface area contributed by atoms with Gasteiger partial charge in [-0.15, -0.1) is 0 Å². The Morgan fingerprint density at radius 3 is 2.65 bits per heavy atom. The molecular formula is C11H16N2O4. The first-order chi connectivity index (χ1) is 7.91. The van der Waals surface area contributed by atoms with Gasteiger partial charge in [0.1, 0.15) is 18.0 Å². The van der Waals surface area contributed by atoms with E-state index in [2.05, 4.69) is 5.32 Å². The molecule has 2 atom stereocenters. The molecule has 0 fully saturated rings. The monoisotopic (exact) mass is 240 g/mol. The highest BCUT2D eigenvalue weighted by molar-refractivity contribution is 5.72. The molecule has 2 unspecified atom stereocenters. The summed E-state index contributed by atoms with van der Waals surface area (Å²) in [6.45, 7) is 1.24. The standard InChI is InChI=1S/C11H16N2O4/c1-6(14)13-5-10(16)11(17)8-3-2-7(15)4-9(8)12/h2-4,10-11,15-17H,5,12H2,1H3,(H,13,14). The zero-order chi connectivity index (χ0) is 13.0. The summed E-state index contributed by atoms with van der Waals surface area (Å²) >= 11 is 0. The Morgan fingerprint density at radius 1 is 1.47 bits per heavy atom. The van der Waals surface area contributed by atoms with Gasteiger partial charge < -0.3 is 26.4 Å². The van der Waals surface area contributed by atoms with E-state index in [1.807, 2.05) is 0 Å². The largest absolute Gasteiger partial charge is 0.508 e. The molecule has 0 radical (unpaired) electrons. The Kier molecular flexibility index (Phi) is 4.30. The van der Waals surface area contributed by atoms with E-state index in [0.29, 0.717) is 5.56 Å². The van der Waals surface area contributed by atoms with Crippen molar-refractivity contribution in [3.8, 4) is 5.75 Å². The first-order valence-electron chi connectivity index (χ1n) is 5.10. The third-order valence-corrected chi connectivity index (χ3v) is 2.31. The number of carbonyl (C=O) groups excluding carboxylic acids is 1. The summed E-state index contributed by atoms with van der Waals surface area (Å²) in [6.07, 6.45) is -2.38. The predicted molar refractivity (Wildman–Crippen MR) is 62.2 cm³/mol. The van der Waals surface area contributed by atoms with E-state index in [1.54, 1.807) is 0 Å². The fourth-order valence-electron chi connectivity index (χ4n) is 1.40. The van der Waals surface area contributed by atoms with Gasteiger partial charge in [-0.05, 0) is 6.07 Å². The van der Waals surface area contributed by atoms with Crippen LogP contribution in [0, 0.1) is 0 Å². The van der Waals surface area contributed by atoms with Gasteiger partial charge in [0.05, 0.1) is 0 Å². The van der Waals surface area contributed by atoms with Gasteiger partial charge in [0, 0.05) is 30.8 Å². The summed E-state index contributed by atoms with van der Waals surface area (Å²) in [4.78, 5) is 10.7. The van der Waals surface area contributed by atoms with E-state index in [9.17, 15) is 15.0 Å². The number of carbonyl (C=O) groups is 1. The Bertz CT molecular complexity index is 408. The number of phenols is 1. The minimum absolute atomic E-state index is 0.0187. The van der Waals surface area contributed by atoms with Gasteiger partial charge in [0.25, 0.3) is 0 Å². The maximum Gasteiger partial charge on any atom is 0.216 e. The number of aliphatic hydroxyl groups excluding tert-OH is 2. The highest BCUT2D eigenvalue weighted by Gasteiger charge is 2.20. The third-order valence-electron chi connectivity index (χ3n) is 2.31. The zero-order valence-corrected chi connectivity index (χ0v) is 9.42. The second-order valence-electron chi connectivity index (χ2n) is 3.76. The van der Waals surface area contributed by atoms with E-state index >= 15 is 0 Å². The highest BCUT2D eigenvalue weighted by atomic mass is 16.3. The SMILES string of the molecule is CC(=O)NCC(O)C(O)c1ccc(O)cc1N. The molecule has 0 heterocycles. The molecule has 0 saturated carbocycles. The molecule has 17 heavy (non-hydrogen) atoms. The van der Waals surface area contributed by atoms with Crippen LogP contribution < -0.4 is 11.1 Å². The van der Waals surface area contributed by atoms with Gasteiger partial charge in [-0.2, -0.15) is 0 Å². The number of rotatable bonds is 4. The Hall–Kier alpha value is -1.79. The number of nitrogens with one attached hydrogen (secondary N) is 1. The lowest BCUT2D eigenvalue weighted by Crippen LogP contribution is -2.34. The number of nitrogens with two attached hydrogens (primary N) is 1. The smallest absolute Gasteiger partial charge is 0.216 e.